The highest BCUT2D eigenvalue weighted by Crippen LogP contribution is 2.27. The summed E-state index contributed by atoms with van der Waals surface area (Å²) >= 11 is 0. The van der Waals surface area contributed by atoms with E-state index in [4.69, 9.17) is 0 Å². The third-order valence-electron chi connectivity index (χ3n) is 6.80. The summed E-state index contributed by atoms with van der Waals surface area (Å²) in [5.74, 6) is -0.160. The Morgan fingerprint density at radius 1 is 1.00 bits per heavy atom. The average Bonchev–Trinajstić information content (AvgIpc) is 3.29. The Balaban J connectivity index is 1.50. The van der Waals surface area contributed by atoms with E-state index >= 15 is 0 Å². The van der Waals surface area contributed by atoms with Crippen molar-refractivity contribution >= 4 is 11.8 Å². The second kappa shape index (κ2) is 11.5. The van der Waals surface area contributed by atoms with Crippen molar-refractivity contribution in [2.45, 2.75) is 64.2 Å². The SMILES string of the molecule is Cc1ccc(CCC(=O)N2CC(F)CC2C(=O)NC(c2ccccc2)c2ccc(C(C)C)cc2)nc1. The minimum Gasteiger partial charge on any atom is -0.343 e. The molecule has 1 aliphatic rings. The van der Waals surface area contributed by atoms with Gasteiger partial charge < -0.3 is 10.2 Å². The van der Waals surface area contributed by atoms with E-state index in [9.17, 15) is 14.0 Å². The molecule has 6 heteroatoms. The lowest BCUT2D eigenvalue weighted by molar-refractivity contribution is -0.138. The van der Waals surface area contributed by atoms with Gasteiger partial charge in [0.15, 0.2) is 0 Å². The zero-order valence-electron chi connectivity index (χ0n) is 21.2. The molecule has 2 heterocycles. The Kier molecular flexibility index (Phi) is 8.14. The second-order valence-corrected chi connectivity index (χ2v) is 9.90. The van der Waals surface area contributed by atoms with Crippen molar-refractivity contribution in [2.24, 2.45) is 0 Å². The number of hydrogen-bond donors (Lipinski definition) is 1. The first-order valence-electron chi connectivity index (χ1n) is 12.6. The Labute approximate surface area is 212 Å². The van der Waals surface area contributed by atoms with Gasteiger partial charge in [-0.05, 0) is 47.6 Å². The first-order valence-corrected chi connectivity index (χ1v) is 12.6. The molecular formula is C30H34FN3O2. The van der Waals surface area contributed by atoms with Crippen LogP contribution >= 0.6 is 0 Å². The maximum Gasteiger partial charge on any atom is 0.243 e. The molecule has 2 amide bonds. The fraction of sp³-hybridized carbons (Fsp3) is 0.367. The first-order chi connectivity index (χ1) is 17.3. The smallest absolute Gasteiger partial charge is 0.243 e. The highest BCUT2D eigenvalue weighted by atomic mass is 19.1. The summed E-state index contributed by atoms with van der Waals surface area (Å²) in [4.78, 5) is 32.2. The topological polar surface area (TPSA) is 62.3 Å². The maximum atomic E-state index is 14.5. The molecule has 1 N–H and O–H groups in total. The van der Waals surface area contributed by atoms with Gasteiger partial charge in [-0.15, -0.1) is 0 Å². The lowest BCUT2D eigenvalue weighted by atomic mass is 9.95. The van der Waals surface area contributed by atoms with Crippen LogP contribution in [0.25, 0.3) is 0 Å². The van der Waals surface area contributed by atoms with Gasteiger partial charge in [0.2, 0.25) is 11.8 Å². The third kappa shape index (κ3) is 6.17. The van der Waals surface area contributed by atoms with E-state index in [1.54, 1.807) is 6.20 Å². The van der Waals surface area contributed by atoms with Crippen LogP contribution in [-0.4, -0.2) is 40.5 Å². The molecule has 3 atom stereocenters. The quantitative estimate of drug-likeness (QED) is 0.470. The van der Waals surface area contributed by atoms with Crippen LogP contribution in [0, 0.1) is 6.92 Å². The molecule has 1 aliphatic heterocycles. The lowest BCUT2D eigenvalue weighted by Gasteiger charge is -2.27. The number of pyridine rings is 1. The molecule has 1 aromatic heterocycles. The molecule has 0 bridgehead atoms. The number of likely N-dealkylation sites (tertiary alicyclic amines) is 1. The third-order valence-corrected chi connectivity index (χ3v) is 6.80. The summed E-state index contributed by atoms with van der Waals surface area (Å²) < 4.78 is 14.5. The molecular weight excluding hydrogens is 453 g/mol. The fourth-order valence-corrected chi connectivity index (χ4v) is 4.65. The van der Waals surface area contributed by atoms with Gasteiger partial charge in [-0.3, -0.25) is 14.6 Å². The van der Waals surface area contributed by atoms with Crippen molar-refractivity contribution in [3.05, 3.63) is 101 Å². The number of aryl methyl sites for hydroxylation is 2. The number of halogens is 1. The molecule has 3 aromatic rings. The van der Waals surface area contributed by atoms with Gasteiger partial charge in [0.05, 0.1) is 12.6 Å². The highest BCUT2D eigenvalue weighted by molar-refractivity contribution is 5.89. The number of carbonyl (C=O) groups excluding carboxylic acids is 2. The summed E-state index contributed by atoms with van der Waals surface area (Å²) in [6, 6.07) is 20.5. The van der Waals surface area contributed by atoms with Gasteiger partial charge in [-0.25, -0.2) is 4.39 Å². The van der Waals surface area contributed by atoms with Crippen LogP contribution in [0.3, 0.4) is 0 Å². The molecule has 4 rings (SSSR count). The molecule has 0 aliphatic carbocycles. The van der Waals surface area contributed by atoms with Crippen LogP contribution in [0.15, 0.2) is 72.9 Å². The molecule has 0 spiro atoms. The lowest BCUT2D eigenvalue weighted by Crippen LogP contribution is -2.47. The molecule has 2 aromatic carbocycles. The van der Waals surface area contributed by atoms with Crippen molar-refractivity contribution < 1.29 is 14.0 Å². The number of hydrogen-bond acceptors (Lipinski definition) is 3. The van der Waals surface area contributed by atoms with E-state index in [0.29, 0.717) is 12.3 Å². The predicted octanol–water partition coefficient (Wildman–Crippen LogP) is 5.29. The van der Waals surface area contributed by atoms with Crippen LogP contribution in [0.5, 0.6) is 0 Å². The van der Waals surface area contributed by atoms with Crippen molar-refractivity contribution in [3.63, 3.8) is 0 Å². The van der Waals surface area contributed by atoms with Gasteiger partial charge in [0, 0.05) is 24.7 Å². The van der Waals surface area contributed by atoms with Crippen molar-refractivity contribution in [1.82, 2.24) is 15.2 Å². The summed E-state index contributed by atoms with van der Waals surface area (Å²) in [5, 5.41) is 3.11. The number of benzene rings is 2. The monoisotopic (exact) mass is 487 g/mol. The normalized spacial score (nSPS) is 18.3. The Bertz CT molecular complexity index is 1160. The molecule has 188 valence electrons. The Morgan fingerprint density at radius 2 is 1.67 bits per heavy atom. The highest BCUT2D eigenvalue weighted by Gasteiger charge is 2.40. The van der Waals surface area contributed by atoms with Crippen molar-refractivity contribution in [3.8, 4) is 0 Å². The Morgan fingerprint density at radius 3 is 2.31 bits per heavy atom. The van der Waals surface area contributed by atoms with Gasteiger partial charge in [0.1, 0.15) is 12.2 Å². The summed E-state index contributed by atoms with van der Waals surface area (Å²) in [5.41, 5.74) is 4.94. The minimum absolute atomic E-state index is 0.00809. The largest absolute Gasteiger partial charge is 0.343 e. The zero-order valence-corrected chi connectivity index (χ0v) is 21.2. The van der Waals surface area contributed by atoms with Gasteiger partial charge in [0.25, 0.3) is 0 Å². The van der Waals surface area contributed by atoms with E-state index < -0.39 is 18.3 Å². The van der Waals surface area contributed by atoms with Gasteiger partial charge in [-0.2, -0.15) is 0 Å². The van der Waals surface area contributed by atoms with Crippen LogP contribution in [0.2, 0.25) is 0 Å². The molecule has 0 saturated carbocycles. The number of amides is 2. The molecule has 1 fully saturated rings. The van der Waals surface area contributed by atoms with Crippen LogP contribution < -0.4 is 5.32 Å². The Hall–Kier alpha value is -3.54. The molecule has 3 unspecified atom stereocenters. The summed E-state index contributed by atoms with van der Waals surface area (Å²) in [6.45, 7) is 6.17. The number of nitrogens with one attached hydrogen (secondary N) is 1. The van der Waals surface area contributed by atoms with Crippen LogP contribution in [-0.2, 0) is 16.0 Å². The van der Waals surface area contributed by atoms with E-state index in [-0.39, 0.29) is 31.2 Å². The number of alkyl halides is 1. The molecule has 1 saturated heterocycles. The minimum atomic E-state index is -1.22. The summed E-state index contributed by atoms with van der Waals surface area (Å²) in [7, 11) is 0. The van der Waals surface area contributed by atoms with E-state index in [1.165, 1.54) is 10.5 Å². The van der Waals surface area contributed by atoms with Crippen molar-refractivity contribution in [2.75, 3.05) is 6.54 Å². The van der Waals surface area contributed by atoms with Gasteiger partial charge >= 0.3 is 0 Å². The number of carbonyl (C=O) groups is 2. The van der Waals surface area contributed by atoms with Gasteiger partial charge in [-0.1, -0.05) is 74.5 Å². The van der Waals surface area contributed by atoms with E-state index in [1.807, 2.05) is 61.5 Å². The van der Waals surface area contributed by atoms with Crippen molar-refractivity contribution in [1.29, 1.82) is 0 Å². The second-order valence-electron chi connectivity index (χ2n) is 9.90. The number of rotatable bonds is 8. The standard InChI is InChI=1S/C30H34FN3O2/c1-20(2)22-10-12-24(13-11-22)29(23-7-5-4-6-8-23)33-30(36)27-17-25(31)19-34(27)28(35)16-15-26-14-9-21(3)18-32-26/h4-14,18,20,25,27,29H,15-17,19H2,1-3H3,(H,33,36). The summed E-state index contributed by atoms with van der Waals surface area (Å²) in [6.07, 6.45) is 1.19. The molecule has 0 radical (unpaired) electrons. The number of nitrogens with zero attached hydrogens (tertiary/aromatic N) is 2. The first kappa shape index (κ1) is 25.5. The maximum absolute atomic E-state index is 14.5. The average molecular weight is 488 g/mol. The van der Waals surface area contributed by atoms with E-state index in [2.05, 4.69) is 36.3 Å². The molecule has 36 heavy (non-hydrogen) atoms. The van der Waals surface area contributed by atoms with E-state index in [0.717, 1.165) is 22.4 Å². The zero-order chi connectivity index (χ0) is 25.7. The van der Waals surface area contributed by atoms with Crippen LogP contribution in [0.1, 0.15) is 66.6 Å². The number of aromatic nitrogens is 1. The predicted molar refractivity (Wildman–Crippen MR) is 139 cm³/mol. The fourth-order valence-electron chi connectivity index (χ4n) is 4.65. The molecule has 5 nitrogen and oxygen atoms in total. The van der Waals surface area contributed by atoms with Crippen LogP contribution in [0.4, 0.5) is 4.39 Å².